The standard InChI is InChI=1S/C19H15ClN2O5/c1-2-8-26-14-5-3-4-12(9-14)10-17-19(23)27-18(21-17)15-11-13(22(24)25)6-7-16(15)20/h3-7,9-11H,2,8H2,1H3. The van der Waals surface area contributed by atoms with Crippen LogP contribution in [0.25, 0.3) is 6.08 Å². The Morgan fingerprint density at radius 2 is 2.11 bits per heavy atom. The monoisotopic (exact) mass is 386 g/mol. The van der Waals surface area contributed by atoms with E-state index in [0.717, 1.165) is 6.42 Å². The van der Waals surface area contributed by atoms with Crippen LogP contribution in [-0.2, 0) is 9.53 Å². The molecule has 0 fully saturated rings. The summed E-state index contributed by atoms with van der Waals surface area (Å²) in [6, 6.07) is 11.1. The molecule has 138 valence electrons. The topological polar surface area (TPSA) is 91.0 Å². The number of carbonyl (C=O) groups excluding carboxylic acids is 1. The Hall–Kier alpha value is -3.19. The summed E-state index contributed by atoms with van der Waals surface area (Å²) in [5.74, 6) is -0.0470. The molecule has 1 aliphatic heterocycles. The van der Waals surface area contributed by atoms with E-state index in [1.165, 1.54) is 18.2 Å². The largest absolute Gasteiger partial charge is 0.494 e. The fraction of sp³-hybridized carbons (Fsp3) is 0.158. The number of rotatable bonds is 6. The minimum absolute atomic E-state index is 0.0696. The molecule has 2 aromatic carbocycles. The van der Waals surface area contributed by atoms with Crippen molar-refractivity contribution in [2.24, 2.45) is 4.99 Å². The lowest BCUT2D eigenvalue weighted by molar-refractivity contribution is -0.384. The number of aliphatic imine (C=N–C) groups is 1. The molecule has 0 saturated heterocycles. The fourth-order valence-electron chi connectivity index (χ4n) is 2.39. The van der Waals surface area contributed by atoms with Crippen LogP contribution in [0.2, 0.25) is 5.02 Å². The van der Waals surface area contributed by atoms with Gasteiger partial charge in [-0.05, 0) is 36.3 Å². The van der Waals surface area contributed by atoms with Crippen LogP contribution in [-0.4, -0.2) is 23.4 Å². The third kappa shape index (κ3) is 4.32. The lowest BCUT2D eigenvalue weighted by atomic mass is 10.2. The molecule has 0 bridgehead atoms. The second-order valence-corrected chi connectivity index (χ2v) is 6.09. The van der Waals surface area contributed by atoms with Gasteiger partial charge in [0.15, 0.2) is 5.70 Å². The van der Waals surface area contributed by atoms with Gasteiger partial charge in [-0.1, -0.05) is 30.7 Å². The number of halogens is 1. The predicted octanol–water partition coefficient (Wildman–Crippen LogP) is 4.38. The number of esters is 1. The summed E-state index contributed by atoms with van der Waals surface area (Å²) in [5.41, 5.74) is 0.792. The van der Waals surface area contributed by atoms with Crippen molar-refractivity contribution in [1.29, 1.82) is 0 Å². The zero-order chi connectivity index (χ0) is 19.4. The molecule has 0 N–H and O–H groups in total. The van der Waals surface area contributed by atoms with Gasteiger partial charge in [0.2, 0.25) is 5.90 Å². The third-order valence-corrected chi connectivity index (χ3v) is 3.98. The SMILES string of the molecule is CCCOc1cccc(C=C2N=C(c3cc([N+](=O)[O-])ccc3Cl)OC2=O)c1. The van der Waals surface area contributed by atoms with Gasteiger partial charge in [0, 0.05) is 12.1 Å². The summed E-state index contributed by atoms with van der Waals surface area (Å²) < 4.78 is 10.7. The van der Waals surface area contributed by atoms with Crippen LogP contribution in [0.15, 0.2) is 53.2 Å². The first kappa shape index (κ1) is 18.6. The lowest BCUT2D eigenvalue weighted by Gasteiger charge is -2.04. The van der Waals surface area contributed by atoms with Gasteiger partial charge in [0.05, 0.1) is 22.1 Å². The van der Waals surface area contributed by atoms with E-state index in [9.17, 15) is 14.9 Å². The number of nitrogens with zero attached hydrogens (tertiary/aromatic N) is 2. The molecule has 7 nitrogen and oxygen atoms in total. The van der Waals surface area contributed by atoms with Crippen molar-refractivity contribution in [2.75, 3.05) is 6.61 Å². The first-order valence-electron chi connectivity index (χ1n) is 8.17. The second kappa shape index (κ2) is 8.01. The molecule has 0 unspecified atom stereocenters. The van der Waals surface area contributed by atoms with E-state index in [2.05, 4.69) is 4.99 Å². The van der Waals surface area contributed by atoms with Gasteiger partial charge in [-0.3, -0.25) is 10.1 Å². The predicted molar refractivity (Wildman–Crippen MR) is 101 cm³/mol. The van der Waals surface area contributed by atoms with Gasteiger partial charge in [-0.15, -0.1) is 0 Å². The van der Waals surface area contributed by atoms with E-state index in [0.29, 0.717) is 17.9 Å². The first-order valence-corrected chi connectivity index (χ1v) is 8.55. The second-order valence-electron chi connectivity index (χ2n) is 5.68. The van der Waals surface area contributed by atoms with Gasteiger partial charge < -0.3 is 9.47 Å². The third-order valence-electron chi connectivity index (χ3n) is 3.65. The Bertz CT molecular complexity index is 968. The number of ether oxygens (including phenoxy) is 2. The van der Waals surface area contributed by atoms with E-state index in [1.807, 2.05) is 13.0 Å². The van der Waals surface area contributed by atoms with Crippen molar-refractivity contribution in [2.45, 2.75) is 13.3 Å². The van der Waals surface area contributed by atoms with Crippen molar-refractivity contribution >= 4 is 35.2 Å². The highest BCUT2D eigenvalue weighted by Gasteiger charge is 2.27. The summed E-state index contributed by atoms with van der Waals surface area (Å²) in [6.45, 7) is 2.60. The van der Waals surface area contributed by atoms with Crippen molar-refractivity contribution in [3.8, 4) is 5.75 Å². The van der Waals surface area contributed by atoms with Crippen molar-refractivity contribution in [1.82, 2.24) is 0 Å². The van der Waals surface area contributed by atoms with E-state index in [-0.39, 0.29) is 27.9 Å². The number of nitro groups is 1. The molecule has 2 aromatic rings. The Kier molecular flexibility index (Phi) is 5.52. The molecule has 3 rings (SSSR count). The van der Waals surface area contributed by atoms with Crippen LogP contribution >= 0.6 is 11.6 Å². The number of benzene rings is 2. The van der Waals surface area contributed by atoms with Crippen molar-refractivity contribution < 1.29 is 19.2 Å². The molecule has 0 atom stereocenters. The van der Waals surface area contributed by atoms with Gasteiger partial charge in [0.1, 0.15) is 5.75 Å². The van der Waals surface area contributed by atoms with Crippen LogP contribution < -0.4 is 4.74 Å². The normalized spacial score (nSPS) is 14.8. The van der Waals surface area contributed by atoms with E-state index in [4.69, 9.17) is 21.1 Å². The van der Waals surface area contributed by atoms with Gasteiger partial charge in [0.25, 0.3) is 5.69 Å². The quantitative estimate of drug-likeness (QED) is 0.318. The molecular formula is C19H15ClN2O5. The molecule has 1 heterocycles. The highest BCUT2D eigenvalue weighted by atomic mass is 35.5. The van der Waals surface area contributed by atoms with Crippen molar-refractivity contribution in [3.05, 3.63) is 74.4 Å². The van der Waals surface area contributed by atoms with Crippen molar-refractivity contribution in [3.63, 3.8) is 0 Å². The van der Waals surface area contributed by atoms with Crippen LogP contribution in [0.3, 0.4) is 0 Å². The number of cyclic esters (lactones) is 1. The summed E-state index contributed by atoms with van der Waals surface area (Å²) >= 11 is 6.08. The molecule has 8 heteroatoms. The number of hydrogen-bond donors (Lipinski definition) is 0. The summed E-state index contributed by atoms with van der Waals surface area (Å²) in [5, 5.41) is 11.1. The van der Waals surface area contributed by atoms with Crippen LogP contribution in [0.4, 0.5) is 5.69 Å². The van der Waals surface area contributed by atoms with Crippen LogP contribution in [0, 0.1) is 10.1 Å². The maximum atomic E-state index is 12.1. The number of nitro benzene ring substituents is 1. The molecule has 0 spiro atoms. The van der Waals surface area contributed by atoms with Gasteiger partial charge in [-0.25, -0.2) is 9.79 Å². The highest BCUT2D eigenvalue weighted by Crippen LogP contribution is 2.27. The average Bonchev–Trinajstić information content (AvgIpc) is 3.00. The lowest BCUT2D eigenvalue weighted by Crippen LogP contribution is -2.06. The highest BCUT2D eigenvalue weighted by molar-refractivity contribution is 6.34. The van der Waals surface area contributed by atoms with E-state index >= 15 is 0 Å². The summed E-state index contributed by atoms with van der Waals surface area (Å²) in [7, 11) is 0. The van der Waals surface area contributed by atoms with E-state index < -0.39 is 10.9 Å². The number of hydrogen-bond acceptors (Lipinski definition) is 6. The Balaban J connectivity index is 1.92. The summed E-state index contributed by atoms with van der Waals surface area (Å²) in [6.07, 6.45) is 2.44. The summed E-state index contributed by atoms with van der Waals surface area (Å²) in [4.78, 5) is 26.7. The molecule has 0 radical (unpaired) electrons. The average molecular weight is 387 g/mol. The zero-order valence-corrected chi connectivity index (χ0v) is 15.1. The molecule has 27 heavy (non-hydrogen) atoms. The Labute approximate surface area is 160 Å². The Morgan fingerprint density at radius 1 is 1.30 bits per heavy atom. The first-order chi connectivity index (χ1) is 13.0. The number of carbonyl (C=O) groups is 1. The maximum absolute atomic E-state index is 12.1. The minimum Gasteiger partial charge on any atom is -0.494 e. The molecule has 0 amide bonds. The Morgan fingerprint density at radius 3 is 2.85 bits per heavy atom. The maximum Gasteiger partial charge on any atom is 0.363 e. The van der Waals surface area contributed by atoms with Gasteiger partial charge in [-0.2, -0.15) is 0 Å². The molecule has 0 aromatic heterocycles. The zero-order valence-electron chi connectivity index (χ0n) is 14.3. The molecule has 0 aliphatic carbocycles. The molecule has 0 saturated carbocycles. The molecule has 1 aliphatic rings. The molecular weight excluding hydrogens is 372 g/mol. The van der Waals surface area contributed by atoms with Gasteiger partial charge >= 0.3 is 5.97 Å². The van der Waals surface area contributed by atoms with E-state index in [1.54, 1.807) is 24.3 Å². The van der Waals surface area contributed by atoms with Crippen LogP contribution in [0.1, 0.15) is 24.5 Å². The van der Waals surface area contributed by atoms with Crippen LogP contribution in [0.5, 0.6) is 5.75 Å². The smallest absolute Gasteiger partial charge is 0.363 e. The number of non-ortho nitro benzene ring substituents is 1. The minimum atomic E-state index is -0.660. The fourth-order valence-corrected chi connectivity index (χ4v) is 2.59.